The summed E-state index contributed by atoms with van der Waals surface area (Å²) in [6.07, 6.45) is 0.596. The Hall–Kier alpha value is -4.86. The molecule has 3 heteroatoms. The third kappa shape index (κ3) is 3.50. The van der Waals surface area contributed by atoms with Gasteiger partial charge in [0.15, 0.2) is 0 Å². The summed E-state index contributed by atoms with van der Waals surface area (Å²) in [5.41, 5.74) is 10.6. The van der Waals surface area contributed by atoms with Gasteiger partial charge in [0.05, 0.1) is 5.41 Å². The minimum atomic E-state index is -0.489. The van der Waals surface area contributed by atoms with Crippen LogP contribution >= 0.6 is 0 Å². The second-order valence-electron chi connectivity index (χ2n) is 11.4. The van der Waals surface area contributed by atoms with Gasteiger partial charge in [0.1, 0.15) is 0 Å². The highest BCUT2D eigenvalue weighted by atomic mass is 16.3. The quantitative estimate of drug-likeness (QED) is 0.193. The first-order chi connectivity index (χ1) is 20.8. The fraction of sp³-hybridized carbons (Fsp3) is 0.128. The Morgan fingerprint density at radius 2 is 1.10 bits per heavy atom. The molecule has 2 atom stereocenters. The van der Waals surface area contributed by atoms with E-state index in [1.807, 2.05) is 0 Å². The number of nitrogens with one attached hydrogen (secondary N) is 2. The number of rotatable bonds is 6. The van der Waals surface area contributed by atoms with Crippen LogP contribution in [0.2, 0.25) is 0 Å². The minimum Gasteiger partial charge on any atom is -0.396 e. The summed E-state index contributed by atoms with van der Waals surface area (Å²) in [5, 5.41) is 12.8. The number of aromatic nitrogens is 2. The highest BCUT2D eigenvalue weighted by Gasteiger charge is 2.57. The van der Waals surface area contributed by atoms with Crippen molar-refractivity contribution in [1.82, 2.24) is 9.97 Å². The maximum Gasteiger partial charge on any atom is 0.0683 e. The van der Waals surface area contributed by atoms with Gasteiger partial charge in [0.2, 0.25) is 0 Å². The van der Waals surface area contributed by atoms with Crippen LogP contribution in [-0.4, -0.2) is 21.7 Å². The van der Waals surface area contributed by atoms with E-state index in [1.165, 1.54) is 50.0 Å². The minimum absolute atomic E-state index is 0.00733. The highest BCUT2D eigenvalue weighted by molar-refractivity contribution is 5.91. The first kappa shape index (κ1) is 24.9. The fourth-order valence-electron chi connectivity index (χ4n) is 7.87. The van der Waals surface area contributed by atoms with E-state index in [9.17, 15) is 5.11 Å². The summed E-state index contributed by atoms with van der Waals surface area (Å²) in [7, 11) is 0. The van der Waals surface area contributed by atoms with Crippen molar-refractivity contribution in [2.24, 2.45) is 0 Å². The number of benzene rings is 5. The lowest BCUT2D eigenvalue weighted by Crippen LogP contribution is -2.35. The molecular weight excluding hydrogens is 512 g/mol. The zero-order valence-corrected chi connectivity index (χ0v) is 23.3. The number of fused-ring (bicyclic) bond motifs is 4. The van der Waals surface area contributed by atoms with Crippen molar-refractivity contribution < 1.29 is 5.11 Å². The Labute approximate surface area is 245 Å². The lowest BCUT2D eigenvalue weighted by Gasteiger charge is -2.40. The van der Waals surface area contributed by atoms with Crippen LogP contribution in [0.15, 0.2) is 140 Å². The van der Waals surface area contributed by atoms with Crippen LogP contribution in [0.25, 0.3) is 21.8 Å². The van der Waals surface area contributed by atoms with Gasteiger partial charge in [0, 0.05) is 51.6 Å². The van der Waals surface area contributed by atoms with Crippen molar-refractivity contribution in [1.29, 1.82) is 0 Å². The van der Waals surface area contributed by atoms with Gasteiger partial charge in [-0.3, -0.25) is 0 Å². The van der Waals surface area contributed by atoms with Crippen molar-refractivity contribution in [3.63, 3.8) is 0 Å². The number of aliphatic hydroxyl groups is 1. The van der Waals surface area contributed by atoms with E-state index in [4.69, 9.17) is 0 Å². The van der Waals surface area contributed by atoms with Gasteiger partial charge in [-0.25, -0.2) is 0 Å². The third-order valence-corrected chi connectivity index (χ3v) is 9.39. The van der Waals surface area contributed by atoms with Crippen LogP contribution in [0.3, 0.4) is 0 Å². The summed E-state index contributed by atoms with van der Waals surface area (Å²) in [4.78, 5) is 7.89. The van der Waals surface area contributed by atoms with Crippen LogP contribution in [0.5, 0.6) is 0 Å². The molecule has 7 aromatic rings. The fourth-order valence-corrected chi connectivity index (χ4v) is 7.87. The molecular formula is C39H32N2O. The topological polar surface area (TPSA) is 51.8 Å². The normalized spacial score (nSPS) is 17.5. The van der Waals surface area contributed by atoms with Crippen molar-refractivity contribution in [3.05, 3.63) is 179 Å². The first-order valence-electron chi connectivity index (χ1n) is 14.8. The highest BCUT2D eigenvalue weighted by Crippen LogP contribution is 2.65. The maximum absolute atomic E-state index is 10.3. The second kappa shape index (κ2) is 9.90. The van der Waals surface area contributed by atoms with E-state index in [-0.39, 0.29) is 18.4 Å². The molecule has 0 fully saturated rings. The molecule has 8 rings (SSSR count). The zero-order valence-electron chi connectivity index (χ0n) is 23.3. The molecule has 3 N–H and O–H groups in total. The summed E-state index contributed by atoms with van der Waals surface area (Å²) < 4.78 is 0. The average Bonchev–Trinajstić information content (AvgIpc) is 3.70. The van der Waals surface area contributed by atoms with Gasteiger partial charge in [-0.2, -0.15) is 0 Å². The van der Waals surface area contributed by atoms with Crippen molar-refractivity contribution in [2.45, 2.75) is 23.7 Å². The Balaban J connectivity index is 1.57. The molecule has 0 radical (unpaired) electrons. The second-order valence-corrected chi connectivity index (χ2v) is 11.4. The molecule has 0 amide bonds. The number of aromatic amines is 2. The molecule has 0 bridgehead atoms. The molecule has 1 aliphatic rings. The van der Waals surface area contributed by atoms with E-state index in [1.54, 1.807) is 0 Å². The molecule has 5 aromatic carbocycles. The largest absolute Gasteiger partial charge is 0.396 e. The van der Waals surface area contributed by atoms with Crippen molar-refractivity contribution in [2.75, 3.05) is 6.61 Å². The first-order valence-corrected chi connectivity index (χ1v) is 14.8. The van der Waals surface area contributed by atoms with Crippen LogP contribution < -0.4 is 0 Å². The van der Waals surface area contributed by atoms with E-state index < -0.39 is 5.41 Å². The molecule has 204 valence electrons. The van der Waals surface area contributed by atoms with Gasteiger partial charge in [-0.15, -0.1) is 0 Å². The van der Waals surface area contributed by atoms with E-state index in [0.717, 1.165) is 11.0 Å². The van der Waals surface area contributed by atoms with Gasteiger partial charge < -0.3 is 15.1 Å². The van der Waals surface area contributed by atoms with Gasteiger partial charge in [-0.1, -0.05) is 127 Å². The Morgan fingerprint density at radius 1 is 0.571 bits per heavy atom. The predicted molar refractivity (Wildman–Crippen MR) is 171 cm³/mol. The Morgan fingerprint density at radius 3 is 1.71 bits per heavy atom. The maximum atomic E-state index is 10.3. The standard InChI is InChI=1S/C39H32N2O/c42-25-24-30-29-20-10-12-22-32(29)40-37(30)35-34-31-21-11-13-23-33(31)41-38(34)39(27-16-6-2-7-17-27,28-18-8-3-9-19-28)36(35)26-14-4-1-5-15-26/h1-23,35-36,40-42H,24-25H2/t35-,36+/m0/s1. The SMILES string of the molecule is OCCc1c([C@H]2c3c([nH]c4ccccc34)C(c3ccccc3)(c3ccccc3)[C@@H]2c2ccccc2)[nH]c2ccccc12. The van der Waals surface area contributed by atoms with Crippen LogP contribution in [-0.2, 0) is 11.8 Å². The van der Waals surface area contributed by atoms with Gasteiger partial charge in [0.25, 0.3) is 0 Å². The van der Waals surface area contributed by atoms with E-state index in [0.29, 0.717) is 6.42 Å². The predicted octanol–water partition coefficient (Wildman–Crippen LogP) is 8.45. The summed E-state index contributed by atoms with van der Waals surface area (Å²) in [6, 6.07) is 50.3. The molecule has 42 heavy (non-hydrogen) atoms. The van der Waals surface area contributed by atoms with Crippen LogP contribution in [0, 0.1) is 0 Å². The molecule has 0 aliphatic heterocycles. The lowest BCUT2D eigenvalue weighted by molar-refractivity contribution is 0.299. The summed E-state index contributed by atoms with van der Waals surface area (Å²) >= 11 is 0. The number of H-pyrrole nitrogens is 2. The number of hydrogen-bond donors (Lipinski definition) is 3. The van der Waals surface area contributed by atoms with E-state index >= 15 is 0 Å². The molecule has 3 nitrogen and oxygen atoms in total. The number of para-hydroxylation sites is 2. The molecule has 0 saturated heterocycles. The molecule has 2 aromatic heterocycles. The molecule has 0 spiro atoms. The van der Waals surface area contributed by atoms with Crippen LogP contribution in [0.1, 0.15) is 51.0 Å². The molecule has 0 saturated carbocycles. The zero-order chi connectivity index (χ0) is 28.1. The Bertz CT molecular complexity index is 1960. The molecule has 1 aliphatic carbocycles. The lowest BCUT2D eigenvalue weighted by atomic mass is 9.62. The number of aliphatic hydroxyl groups excluding tert-OH is 1. The Kier molecular flexibility index (Phi) is 5.87. The van der Waals surface area contributed by atoms with E-state index in [2.05, 4.69) is 149 Å². The molecule has 2 heterocycles. The number of hydrogen-bond acceptors (Lipinski definition) is 1. The van der Waals surface area contributed by atoms with Crippen molar-refractivity contribution in [3.8, 4) is 0 Å². The summed E-state index contributed by atoms with van der Waals surface area (Å²) in [5.74, 6) is 0.0489. The van der Waals surface area contributed by atoms with Crippen LogP contribution in [0.4, 0.5) is 0 Å². The van der Waals surface area contributed by atoms with Gasteiger partial charge >= 0.3 is 0 Å². The third-order valence-electron chi connectivity index (χ3n) is 9.39. The van der Waals surface area contributed by atoms with Crippen molar-refractivity contribution >= 4 is 21.8 Å². The van der Waals surface area contributed by atoms with Gasteiger partial charge in [-0.05, 0) is 46.4 Å². The smallest absolute Gasteiger partial charge is 0.0683 e. The average molecular weight is 545 g/mol. The monoisotopic (exact) mass is 544 g/mol. The summed E-state index contributed by atoms with van der Waals surface area (Å²) in [6.45, 7) is 0.0980. The molecule has 0 unspecified atom stereocenters.